The number of nitrogens with one attached hydrogen (secondary N) is 1. The molecule has 4 nitrogen and oxygen atoms in total. The van der Waals surface area contributed by atoms with Gasteiger partial charge in [-0.2, -0.15) is 0 Å². The van der Waals surface area contributed by atoms with Crippen LogP contribution in [0.15, 0.2) is 36.5 Å². The summed E-state index contributed by atoms with van der Waals surface area (Å²) in [6, 6.07) is 9.46. The van der Waals surface area contributed by atoms with Gasteiger partial charge in [-0.15, -0.1) is 0 Å². The monoisotopic (exact) mass is 333 g/mol. The molecule has 112 valence electrons. The zero-order valence-electron chi connectivity index (χ0n) is 12.0. The molecule has 0 aliphatic carbocycles. The number of pyridine rings is 2. The highest BCUT2D eigenvalue weighted by atomic mass is 35.5. The third kappa shape index (κ3) is 2.93. The lowest BCUT2D eigenvalue weighted by Gasteiger charge is -2.12. The third-order valence-corrected chi connectivity index (χ3v) is 3.91. The fourth-order valence-corrected chi connectivity index (χ4v) is 2.48. The number of halogens is 2. The van der Waals surface area contributed by atoms with Gasteiger partial charge in [0.2, 0.25) is 0 Å². The maximum Gasteiger partial charge on any atom is 0.147 e. The van der Waals surface area contributed by atoms with E-state index < -0.39 is 0 Å². The Morgan fingerprint density at radius 2 is 1.95 bits per heavy atom. The highest BCUT2D eigenvalue weighted by Gasteiger charge is 2.08. The van der Waals surface area contributed by atoms with Gasteiger partial charge < -0.3 is 10.1 Å². The van der Waals surface area contributed by atoms with Crippen molar-refractivity contribution in [3.05, 3.63) is 52.4 Å². The SMILES string of the molecule is COc1ccc2nc(C)cc(Nc3cnc(Cl)c(Cl)c3)c2c1. The molecule has 3 rings (SSSR count). The minimum atomic E-state index is 0.282. The summed E-state index contributed by atoms with van der Waals surface area (Å²) in [6.07, 6.45) is 1.63. The van der Waals surface area contributed by atoms with Crippen LogP contribution in [0.25, 0.3) is 10.9 Å². The summed E-state index contributed by atoms with van der Waals surface area (Å²) in [5, 5.41) is 4.94. The zero-order valence-corrected chi connectivity index (χ0v) is 13.5. The molecule has 6 heteroatoms. The number of rotatable bonds is 3. The van der Waals surface area contributed by atoms with Crippen LogP contribution in [-0.4, -0.2) is 17.1 Å². The molecule has 0 aliphatic heterocycles. The number of anilines is 2. The van der Waals surface area contributed by atoms with Crippen LogP contribution in [0.2, 0.25) is 10.2 Å². The minimum absolute atomic E-state index is 0.282. The zero-order chi connectivity index (χ0) is 15.7. The number of fused-ring (bicyclic) bond motifs is 1. The summed E-state index contributed by atoms with van der Waals surface area (Å²) >= 11 is 11.9. The number of hydrogen-bond donors (Lipinski definition) is 1. The largest absolute Gasteiger partial charge is 0.497 e. The van der Waals surface area contributed by atoms with Crippen LogP contribution in [0.1, 0.15) is 5.69 Å². The van der Waals surface area contributed by atoms with Crippen molar-refractivity contribution in [2.75, 3.05) is 12.4 Å². The van der Waals surface area contributed by atoms with Gasteiger partial charge in [-0.05, 0) is 37.3 Å². The fraction of sp³-hybridized carbons (Fsp3) is 0.125. The maximum atomic E-state index is 6.01. The molecule has 0 amide bonds. The van der Waals surface area contributed by atoms with E-state index in [0.717, 1.165) is 33.7 Å². The summed E-state index contributed by atoms with van der Waals surface area (Å²) in [6.45, 7) is 1.95. The number of ether oxygens (including phenoxy) is 1. The first-order valence-corrected chi connectivity index (χ1v) is 7.36. The molecule has 0 aliphatic rings. The summed E-state index contributed by atoms with van der Waals surface area (Å²) in [4.78, 5) is 8.57. The highest BCUT2D eigenvalue weighted by molar-refractivity contribution is 6.41. The van der Waals surface area contributed by atoms with E-state index in [9.17, 15) is 0 Å². The average Bonchev–Trinajstić information content (AvgIpc) is 2.50. The lowest BCUT2D eigenvalue weighted by atomic mass is 10.1. The highest BCUT2D eigenvalue weighted by Crippen LogP contribution is 2.31. The van der Waals surface area contributed by atoms with E-state index in [2.05, 4.69) is 15.3 Å². The Bertz CT molecular complexity index is 852. The second kappa shape index (κ2) is 5.99. The van der Waals surface area contributed by atoms with Gasteiger partial charge >= 0.3 is 0 Å². The Balaban J connectivity index is 2.10. The van der Waals surface area contributed by atoms with E-state index in [0.29, 0.717) is 5.02 Å². The molecule has 2 heterocycles. The molecule has 0 spiro atoms. The molecule has 22 heavy (non-hydrogen) atoms. The Morgan fingerprint density at radius 3 is 2.68 bits per heavy atom. The number of methoxy groups -OCH3 is 1. The van der Waals surface area contributed by atoms with Crippen LogP contribution < -0.4 is 10.1 Å². The van der Waals surface area contributed by atoms with Crippen molar-refractivity contribution in [1.29, 1.82) is 0 Å². The Kier molecular flexibility index (Phi) is 4.05. The number of aromatic nitrogens is 2. The number of aryl methyl sites for hydroxylation is 1. The van der Waals surface area contributed by atoms with Gasteiger partial charge in [0.1, 0.15) is 10.9 Å². The first-order chi connectivity index (χ1) is 10.6. The Morgan fingerprint density at radius 1 is 1.14 bits per heavy atom. The Hall–Kier alpha value is -2.04. The van der Waals surface area contributed by atoms with E-state index in [1.807, 2.05) is 31.2 Å². The standard InChI is InChI=1S/C16H13Cl2N3O/c1-9-5-15(21-10-6-13(17)16(18)19-8-10)12-7-11(22-2)3-4-14(12)20-9/h3-8H,1-2H3,(H,20,21). The number of hydrogen-bond acceptors (Lipinski definition) is 4. The minimum Gasteiger partial charge on any atom is -0.497 e. The van der Waals surface area contributed by atoms with E-state index in [4.69, 9.17) is 27.9 Å². The lowest BCUT2D eigenvalue weighted by molar-refractivity contribution is 0.415. The summed E-state index contributed by atoms with van der Waals surface area (Å²) in [5.74, 6) is 0.772. The molecule has 0 saturated heterocycles. The van der Waals surface area contributed by atoms with Gasteiger partial charge in [0.25, 0.3) is 0 Å². The van der Waals surface area contributed by atoms with E-state index >= 15 is 0 Å². The molecule has 1 aromatic carbocycles. The van der Waals surface area contributed by atoms with Crippen molar-refractivity contribution in [2.24, 2.45) is 0 Å². The van der Waals surface area contributed by atoms with Gasteiger partial charge in [-0.3, -0.25) is 4.98 Å². The van der Waals surface area contributed by atoms with Gasteiger partial charge in [-0.1, -0.05) is 23.2 Å². The Labute approximate surface area is 138 Å². The molecule has 0 unspecified atom stereocenters. The first-order valence-electron chi connectivity index (χ1n) is 6.60. The van der Waals surface area contributed by atoms with E-state index in [1.54, 1.807) is 19.4 Å². The fourth-order valence-electron chi connectivity index (χ4n) is 2.21. The topological polar surface area (TPSA) is 47.0 Å². The molecule has 2 aromatic heterocycles. The van der Waals surface area contributed by atoms with Crippen molar-refractivity contribution < 1.29 is 4.74 Å². The van der Waals surface area contributed by atoms with E-state index in [1.165, 1.54) is 0 Å². The maximum absolute atomic E-state index is 6.01. The van der Waals surface area contributed by atoms with Crippen molar-refractivity contribution in [2.45, 2.75) is 6.92 Å². The summed E-state index contributed by atoms with van der Waals surface area (Å²) in [7, 11) is 1.64. The molecule has 1 N–H and O–H groups in total. The van der Waals surface area contributed by atoms with Crippen molar-refractivity contribution >= 4 is 45.5 Å². The molecular weight excluding hydrogens is 321 g/mol. The van der Waals surface area contributed by atoms with Crippen LogP contribution >= 0.6 is 23.2 Å². The van der Waals surface area contributed by atoms with Crippen LogP contribution in [-0.2, 0) is 0 Å². The van der Waals surface area contributed by atoms with Crippen molar-refractivity contribution in [3.8, 4) is 5.75 Å². The van der Waals surface area contributed by atoms with Crippen LogP contribution in [0, 0.1) is 6.92 Å². The van der Waals surface area contributed by atoms with Crippen molar-refractivity contribution in [1.82, 2.24) is 9.97 Å². The predicted molar refractivity (Wildman–Crippen MR) is 90.6 cm³/mol. The predicted octanol–water partition coefficient (Wildman–Crippen LogP) is 5.00. The van der Waals surface area contributed by atoms with Crippen LogP contribution in [0.3, 0.4) is 0 Å². The molecule has 0 radical (unpaired) electrons. The van der Waals surface area contributed by atoms with Gasteiger partial charge in [-0.25, -0.2) is 4.98 Å². The molecule has 3 aromatic rings. The molecule has 0 atom stereocenters. The summed E-state index contributed by atoms with van der Waals surface area (Å²) < 4.78 is 5.29. The van der Waals surface area contributed by atoms with Gasteiger partial charge in [0.05, 0.1) is 29.5 Å². The smallest absolute Gasteiger partial charge is 0.147 e. The first kappa shape index (κ1) is 14.9. The van der Waals surface area contributed by atoms with Gasteiger partial charge in [0, 0.05) is 16.8 Å². The molecule has 0 bridgehead atoms. The third-order valence-electron chi connectivity index (χ3n) is 3.22. The summed E-state index contributed by atoms with van der Waals surface area (Å²) in [5.41, 5.74) is 3.45. The van der Waals surface area contributed by atoms with Gasteiger partial charge in [0.15, 0.2) is 0 Å². The molecular formula is C16H13Cl2N3O. The van der Waals surface area contributed by atoms with Crippen LogP contribution in [0.4, 0.5) is 11.4 Å². The normalized spacial score (nSPS) is 10.7. The number of nitrogens with zero attached hydrogens (tertiary/aromatic N) is 2. The number of benzene rings is 1. The molecule has 0 saturated carbocycles. The molecule has 0 fully saturated rings. The van der Waals surface area contributed by atoms with E-state index in [-0.39, 0.29) is 5.15 Å². The average molecular weight is 334 g/mol. The second-order valence-corrected chi connectivity index (χ2v) is 5.58. The lowest BCUT2D eigenvalue weighted by Crippen LogP contribution is -1.96. The van der Waals surface area contributed by atoms with Crippen molar-refractivity contribution in [3.63, 3.8) is 0 Å². The van der Waals surface area contributed by atoms with Crippen LogP contribution in [0.5, 0.6) is 5.75 Å². The second-order valence-electron chi connectivity index (χ2n) is 4.82. The quantitative estimate of drug-likeness (QED) is 0.685.